The minimum absolute atomic E-state index is 0.170. The molecule has 0 radical (unpaired) electrons. The molecule has 1 aliphatic rings. The summed E-state index contributed by atoms with van der Waals surface area (Å²) in [6.45, 7) is 0.867. The topological polar surface area (TPSA) is 68.5 Å². The van der Waals surface area contributed by atoms with E-state index in [1.807, 2.05) is 11.8 Å². The number of nitrogens with zero attached hydrogens (tertiary/aromatic N) is 5. The van der Waals surface area contributed by atoms with Crippen molar-refractivity contribution in [3.05, 3.63) is 23.7 Å². The maximum Gasteiger partial charge on any atom is 0.256 e. The zero-order valence-electron chi connectivity index (χ0n) is 10.2. The average Bonchev–Trinajstić information content (AvgIpc) is 3.09. The SMILES string of the molecule is Clc1nc(NCC2CCSC2)nc(-n2cccn2)n1. The lowest BCUT2D eigenvalue weighted by molar-refractivity contribution is 0.628. The molecule has 0 aromatic carbocycles. The van der Waals surface area contributed by atoms with Crippen LogP contribution in [0.4, 0.5) is 5.95 Å². The van der Waals surface area contributed by atoms with Crippen LogP contribution in [0.15, 0.2) is 18.5 Å². The quantitative estimate of drug-likeness (QED) is 0.929. The normalized spacial score (nSPS) is 18.7. The number of aromatic nitrogens is 5. The van der Waals surface area contributed by atoms with Crippen LogP contribution in [-0.2, 0) is 0 Å². The second kappa shape index (κ2) is 5.75. The molecular weight excluding hydrogens is 284 g/mol. The number of anilines is 1. The fourth-order valence-electron chi connectivity index (χ4n) is 1.89. The predicted octanol–water partition coefficient (Wildman–Crippen LogP) is 1.88. The fraction of sp³-hybridized carbons (Fsp3) is 0.455. The van der Waals surface area contributed by atoms with Gasteiger partial charge in [0.05, 0.1) is 0 Å². The maximum absolute atomic E-state index is 5.91. The van der Waals surface area contributed by atoms with Gasteiger partial charge in [0.1, 0.15) is 0 Å². The molecular formula is C11H13ClN6S. The summed E-state index contributed by atoms with van der Waals surface area (Å²) in [6.07, 6.45) is 4.67. The maximum atomic E-state index is 5.91. The van der Waals surface area contributed by atoms with E-state index < -0.39 is 0 Å². The van der Waals surface area contributed by atoms with Crippen LogP contribution < -0.4 is 5.32 Å². The molecule has 100 valence electrons. The zero-order valence-corrected chi connectivity index (χ0v) is 11.7. The lowest BCUT2D eigenvalue weighted by atomic mass is 10.1. The molecule has 6 nitrogen and oxygen atoms in total. The Balaban J connectivity index is 1.74. The van der Waals surface area contributed by atoms with Gasteiger partial charge in [-0.1, -0.05) is 0 Å². The highest BCUT2D eigenvalue weighted by Gasteiger charge is 2.16. The van der Waals surface area contributed by atoms with E-state index in [4.69, 9.17) is 11.6 Å². The average molecular weight is 297 g/mol. The van der Waals surface area contributed by atoms with Gasteiger partial charge in [-0.3, -0.25) is 0 Å². The van der Waals surface area contributed by atoms with E-state index in [0.29, 0.717) is 17.8 Å². The summed E-state index contributed by atoms with van der Waals surface area (Å²) in [4.78, 5) is 12.5. The molecule has 1 fully saturated rings. The lowest BCUT2D eigenvalue weighted by Crippen LogP contribution is -2.16. The Labute approximate surface area is 120 Å². The van der Waals surface area contributed by atoms with Crippen LogP contribution in [0, 0.1) is 5.92 Å². The molecule has 1 N–H and O–H groups in total. The third kappa shape index (κ3) is 3.16. The molecule has 0 aliphatic carbocycles. The number of hydrogen-bond donors (Lipinski definition) is 1. The largest absolute Gasteiger partial charge is 0.354 e. The molecule has 0 spiro atoms. The van der Waals surface area contributed by atoms with Crippen molar-refractivity contribution < 1.29 is 0 Å². The third-order valence-corrected chi connectivity index (χ3v) is 4.28. The smallest absolute Gasteiger partial charge is 0.256 e. The van der Waals surface area contributed by atoms with Crippen LogP contribution in [0.25, 0.3) is 5.95 Å². The summed E-state index contributed by atoms with van der Waals surface area (Å²) >= 11 is 7.90. The molecule has 19 heavy (non-hydrogen) atoms. The van der Waals surface area contributed by atoms with Crippen molar-refractivity contribution in [1.29, 1.82) is 0 Å². The Bertz CT molecular complexity index is 540. The van der Waals surface area contributed by atoms with Gasteiger partial charge in [0.25, 0.3) is 5.95 Å². The van der Waals surface area contributed by atoms with Crippen LogP contribution in [0.2, 0.25) is 5.28 Å². The highest BCUT2D eigenvalue weighted by atomic mass is 35.5. The monoisotopic (exact) mass is 296 g/mol. The fourth-order valence-corrected chi connectivity index (χ4v) is 3.33. The second-order valence-electron chi connectivity index (χ2n) is 4.29. The summed E-state index contributed by atoms with van der Waals surface area (Å²) in [5.74, 6) is 4.03. The number of thioether (sulfide) groups is 1. The van der Waals surface area contributed by atoms with Crippen molar-refractivity contribution in [3.8, 4) is 5.95 Å². The minimum Gasteiger partial charge on any atom is -0.354 e. The van der Waals surface area contributed by atoms with Gasteiger partial charge < -0.3 is 5.32 Å². The molecule has 2 aromatic heterocycles. The number of rotatable bonds is 4. The highest BCUT2D eigenvalue weighted by molar-refractivity contribution is 7.99. The van der Waals surface area contributed by atoms with Crippen molar-refractivity contribution in [2.75, 3.05) is 23.4 Å². The molecule has 1 atom stereocenters. The first-order valence-electron chi connectivity index (χ1n) is 6.04. The standard InChI is InChI=1S/C11H13ClN6S/c12-9-15-10(13-6-8-2-5-19-7-8)17-11(16-9)18-4-1-3-14-18/h1,3-4,8H,2,5-7H2,(H,13,15,16,17). The number of nitrogens with one attached hydrogen (secondary N) is 1. The van der Waals surface area contributed by atoms with Gasteiger partial charge in [-0.2, -0.15) is 31.8 Å². The predicted molar refractivity (Wildman–Crippen MR) is 75.9 cm³/mol. The van der Waals surface area contributed by atoms with E-state index in [1.165, 1.54) is 17.9 Å². The van der Waals surface area contributed by atoms with Gasteiger partial charge >= 0.3 is 0 Å². The number of hydrogen-bond acceptors (Lipinski definition) is 6. The first-order valence-corrected chi connectivity index (χ1v) is 7.58. The summed E-state index contributed by atoms with van der Waals surface area (Å²) in [5, 5.41) is 7.48. The Morgan fingerprint density at radius 3 is 3.11 bits per heavy atom. The van der Waals surface area contributed by atoms with Crippen molar-refractivity contribution in [2.24, 2.45) is 5.92 Å². The Hall–Kier alpha value is -1.34. The molecule has 8 heteroatoms. The van der Waals surface area contributed by atoms with Crippen molar-refractivity contribution in [1.82, 2.24) is 24.7 Å². The van der Waals surface area contributed by atoms with E-state index in [2.05, 4.69) is 25.4 Å². The van der Waals surface area contributed by atoms with Crippen molar-refractivity contribution >= 4 is 29.3 Å². The van der Waals surface area contributed by atoms with Crippen molar-refractivity contribution in [3.63, 3.8) is 0 Å². The van der Waals surface area contributed by atoms with Crippen LogP contribution in [-0.4, -0.2) is 42.8 Å². The molecule has 0 amide bonds. The van der Waals surface area contributed by atoms with Gasteiger partial charge in [-0.25, -0.2) is 4.68 Å². The van der Waals surface area contributed by atoms with Gasteiger partial charge in [0.15, 0.2) is 0 Å². The van der Waals surface area contributed by atoms with E-state index >= 15 is 0 Å². The van der Waals surface area contributed by atoms with E-state index in [0.717, 1.165) is 6.54 Å². The molecule has 1 aliphatic heterocycles. The van der Waals surface area contributed by atoms with Crippen LogP contribution in [0.5, 0.6) is 0 Å². The molecule has 2 aromatic rings. The van der Waals surface area contributed by atoms with E-state index in [9.17, 15) is 0 Å². The summed E-state index contributed by atoms with van der Waals surface area (Å²) in [7, 11) is 0. The molecule has 0 bridgehead atoms. The van der Waals surface area contributed by atoms with E-state index in [1.54, 1.807) is 23.1 Å². The molecule has 1 saturated heterocycles. The first-order chi connectivity index (χ1) is 9.31. The molecule has 3 rings (SSSR count). The Kier molecular flexibility index (Phi) is 3.84. The summed E-state index contributed by atoms with van der Waals surface area (Å²) in [6, 6.07) is 1.81. The highest BCUT2D eigenvalue weighted by Crippen LogP contribution is 2.23. The van der Waals surface area contributed by atoms with Crippen LogP contribution >= 0.6 is 23.4 Å². The van der Waals surface area contributed by atoms with Gasteiger partial charge in [0, 0.05) is 18.9 Å². The molecule has 1 unspecified atom stereocenters. The van der Waals surface area contributed by atoms with Crippen LogP contribution in [0.3, 0.4) is 0 Å². The van der Waals surface area contributed by atoms with E-state index in [-0.39, 0.29) is 5.28 Å². The first kappa shape index (κ1) is 12.7. The minimum atomic E-state index is 0.170. The van der Waals surface area contributed by atoms with Gasteiger partial charge in [-0.05, 0) is 41.5 Å². The third-order valence-electron chi connectivity index (χ3n) is 2.88. The molecule has 0 saturated carbocycles. The second-order valence-corrected chi connectivity index (χ2v) is 5.78. The zero-order chi connectivity index (χ0) is 13.1. The van der Waals surface area contributed by atoms with Gasteiger partial charge in [0.2, 0.25) is 11.2 Å². The van der Waals surface area contributed by atoms with Crippen LogP contribution in [0.1, 0.15) is 6.42 Å². The summed E-state index contributed by atoms with van der Waals surface area (Å²) < 4.78 is 1.56. The summed E-state index contributed by atoms with van der Waals surface area (Å²) in [5.41, 5.74) is 0. The van der Waals surface area contributed by atoms with Crippen molar-refractivity contribution in [2.45, 2.75) is 6.42 Å². The lowest BCUT2D eigenvalue weighted by Gasteiger charge is -2.10. The molecule has 3 heterocycles. The number of halogens is 1. The Morgan fingerprint density at radius 1 is 1.42 bits per heavy atom. The van der Waals surface area contributed by atoms with Gasteiger partial charge in [-0.15, -0.1) is 0 Å². The Morgan fingerprint density at radius 2 is 2.37 bits per heavy atom.